The molecule has 0 amide bonds. The fraction of sp³-hybridized carbons (Fsp3) is 0.385. The first-order chi connectivity index (χ1) is 8.95. The molecule has 19 heavy (non-hydrogen) atoms. The average Bonchev–Trinajstić information content (AvgIpc) is 2.37. The maximum absolute atomic E-state index is 13.5. The molecule has 0 heterocycles. The fourth-order valence-electron chi connectivity index (χ4n) is 1.46. The Morgan fingerprint density at radius 1 is 1.47 bits per heavy atom. The molecule has 0 aliphatic heterocycles. The summed E-state index contributed by atoms with van der Waals surface area (Å²) >= 11 is 0. The third-order valence-electron chi connectivity index (χ3n) is 2.53. The van der Waals surface area contributed by atoms with Crippen LogP contribution >= 0.6 is 0 Å². The van der Waals surface area contributed by atoms with Gasteiger partial charge in [0.25, 0.3) is 0 Å². The molecule has 1 unspecified atom stereocenters. The van der Waals surface area contributed by atoms with Crippen LogP contribution in [-0.4, -0.2) is 29.7 Å². The number of carboxylic acid groups (broad SMARTS) is 1. The maximum Gasteiger partial charge on any atom is 0.335 e. The lowest BCUT2D eigenvalue weighted by molar-refractivity contribution is -0.145. The van der Waals surface area contributed by atoms with Gasteiger partial charge in [-0.3, -0.25) is 4.79 Å². The number of hydrogen-bond donors (Lipinski definition) is 2. The first kappa shape index (κ1) is 15.1. The van der Waals surface area contributed by atoms with Gasteiger partial charge in [-0.1, -0.05) is 0 Å². The highest BCUT2D eigenvalue weighted by Crippen LogP contribution is 2.11. The molecule has 0 fully saturated rings. The molecule has 5 nitrogen and oxygen atoms in total. The summed E-state index contributed by atoms with van der Waals surface area (Å²) in [6.07, 6.45) is 0. The van der Waals surface area contributed by atoms with Gasteiger partial charge < -0.3 is 15.2 Å². The predicted molar refractivity (Wildman–Crippen MR) is 66.3 cm³/mol. The third-order valence-corrected chi connectivity index (χ3v) is 2.53. The standard InChI is InChI=1S/C13H16FNO4/c1-3-19-13(18)8(2)15-7-10-6-9(12(16)17)4-5-11(10)14/h4-6,8,15H,3,7H2,1-2H3,(H,16,17). The maximum atomic E-state index is 13.5. The molecule has 2 N–H and O–H groups in total. The molecule has 0 aliphatic rings. The van der Waals surface area contributed by atoms with Crippen molar-refractivity contribution in [2.24, 2.45) is 0 Å². The number of carboxylic acids is 1. The minimum atomic E-state index is -1.13. The van der Waals surface area contributed by atoms with E-state index in [2.05, 4.69) is 5.32 Å². The highest BCUT2D eigenvalue weighted by molar-refractivity contribution is 5.87. The van der Waals surface area contributed by atoms with E-state index in [9.17, 15) is 14.0 Å². The monoisotopic (exact) mass is 269 g/mol. The molecule has 0 saturated heterocycles. The third kappa shape index (κ3) is 4.33. The Morgan fingerprint density at radius 3 is 2.74 bits per heavy atom. The number of nitrogens with one attached hydrogen (secondary N) is 1. The largest absolute Gasteiger partial charge is 0.478 e. The molecule has 1 atom stereocenters. The van der Waals surface area contributed by atoms with Crippen molar-refractivity contribution in [3.8, 4) is 0 Å². The first-order valence-corrected chi connectivity index (χ1v) is 5.87. The summed E-state index contributed by atoms with van der Waals surface area (Å²) in [6.45, 7) is 3.61. The van der Waals surface area contributed by atoms with Crippen LogP contribution in [0.3, 0.4) is 0 Å². The van der Waals surface area contributed by atoms with Crippen molar-refractivity contribution in [3.05, 3.63) is 35.1 Å². The number of carbonyl (C=O) groups excluding carboxylic acids is 1. The highest BCUT2D eigenvalue weighted by Gasteiger charge is 2.14. The van der Waals surface area contributed by atoms with Gasteiger partial charge in [0, 0.05) is 12.1 Å². The Labute approximate surface area is 110 Å². The number of hydrogen-bond acceptors (Lipinski definition) is 4. The zero-order valence-electron chi connectivity index (χ0n) is 10.8. The molecule has 1 rings (SSSR count). The van der Waals surface area contributed by atoms with Gasteiger partial charge in [-0.2, -0.15) is 0 Å². The Kier molecular flexibility index (Phi) is 5.44. The lowest BCUT2D eigenvalue weighted by Gasteiger charge is -2.13. The summed E-state index contributed by atoms with van der Waals surface area (Å²) in [5, 5.41) is 11.6. The number of esters is 1. The van der Waals surface area contributed by atoms with Crippen molar-refractivity contribution in [2.75, 3.05) is 6.61 Å². The van der Waals surface area contributed by atoms with Crippen LogP contribution in [0.25, 0.3) is 0 Å². The van der Waals surface area contributed by atoms with E-state index < -0.39 is 23.8 Å². The summed E-state index contributed by atoms with van der Waals surface area (Å²) in [6, 6.07) is 2.93. The lowest BCUT2D eigenvalue weighted by Crippen LogP contribution is -2.35. The van der Waals surface area contributed by atoms with Crippen LogP contribution in [0.1, 0.15) is 29.8 Å². The number of benzene rings is 1. The van der Waals surface area contributed by atoms with E-state index >= 15 is 0 Å². The zero-order chi connectivity index (χ0) is 14.4. The van der Waals surface area contributed by atoms with Crippen LogP contribution in [0.2, 0.25) is 0 Å². The minimum Gasteiger partial charge on any atom is -0.478 e. The Hall–Kier alpha value is -1.95. The van der Waals surface area contributed by atoms with Crippen LogP contribution in [0.4, 0.5) is 4.39 Å². The van der Waals surface area contributed by atoms with E-state index in [0.29, 0.717) is 0 Å². The second kappa shape index (κ2) is 6.84. The molecular weight excluding hydrogens is 253 g/mol. The van der Waals surface area contributed by atoms with Gasteiger partial charge in [0.2, 0.25) is 0 Å². The molecule has 0 aliphatic carbocycles. The normalized spacial score (nSPS) is 11.9. The van der Waals surface area contributed by atoms with Crippen LogP contribution in [0, 0.1) is 5.82 Å². The van der Waals surface area contributed by atoms with Crippen molar-refractivity contribution >= 4 is 11.9 Å². The van der Waals surface area contributed by atoms with Gasteiger partial charge in [-0.25, -0.2) is 9.18 Å². The van der Waals surface area contributed by atoms with E-state index in [1.165, 1.54) is 12.1 Å². The molecule has 1 aromatic rings. The molecule has 0 bridgehead atoms. The Balaban J connectivity index is 2.69. The molecule has 104 valence electrons. The summed E-state index contributed by atoms with van der Waals surface area (Å²) in [5.74, 6) is -2.08. The van der Waals surface area contributed by atoms with E-state index in [1.54, 1.807) is 13.8 Å². The van der Waals surface area contributed by atoms with E-state index in [0.717, 1.165) is 6.07 Å². The summed E-state index contributed by atoms with van der Waals surface area (Å²) in [4.78, 5) is 22.1. The molecule has 1 aromatic carbocycles. The second-order valence-corrected chi connectivity index (χ2v) is 3.97. The number of halogens is 1. The van der Waals surface area contributed by atoms with Crippen molar-refractivity contribution in [1.29, 1.82) is 0 Å². The van der Waals surface area contributed by atoms with Crippen molar-refractivity contribution in [3.63, 3.8) is 0 Å². The number of ether oxygens (including phenoxy) is 1. The van der Waals surface area contributed by atoms with Crippen LogP contribution < -0.4 is 5.32 Å². The molecule has 6 heteroatoms. The van der Waals surface area contributed by atoms with Gasteiger partial charge in [-0.15, -0.1) is 0 Å². The first-order valence-electron chi connectivity index (χ1n) is 5.87. The van der Waals surface area contributed by atoms with Crippen molar-refractivity contribution in [2.45, 2.75) is 26.4 Å². The van der Waals surface area contributed by atoms with Crippen LogP contribution in [0.5, 0.6) is 0 Å². The molecule has 0 saturated carbocycles. The quantitative estimate of drug-likeness (QED) is 0.767. The Morgan fingerprint density at radius 2 is 2.16 bits per heavy atom. The highest BCUT2D eigenvalue weighted by atomic mass is 19.1. The number of carbonyl (C=O) groups is 2. The number of rotatable bonds is 6. The average molecular weight is 269 g/mol. The Bertz CT molecular complexity index is 476. The van der Waals surface area contributed by atoms with Gasteiger partial charge in [0.05, 0.1) is 12.2 Å². The van der Waals surface area contributed by atoms with E-state index in [1.807, 2.05) is 0 Å². The van der Waals surface area contributed by atoms with E-state index in [-0.39, 0.29) is 24.3 Å². The van der Waals surface area contributed by atoms with Gasteiger partial charge in [0.15, 0.2) is 0 Å². The smallest absolute Gasteiger partial charge is 0.335 e. The van der Waals surface area contributed by atoms with Gasteiger partial charge in [0.1, 0.15) is 11.9 Å². The molecule has 0 aromatic heterocycles. The zero-order valence-corrected chi connectivity index (χ0v) is 10.8. The summed E-state index contributed by atoms with van der Waals surface area (Å²) in [5.41, 5.74) is 0.193. The molecule has 0 radical (unpaired) electrons. The minimum absolute atomic E-state index is 0.00184. The molecule has 0 spiro atoms. The lowest BCUT2D eigenvalue weighted by atomic mass is 10.1. The fourth-order valence-corrected chi connectivity index (χ4v) is 1.46. The van der Waals surface area contributed by atoms with Crippen molar-refractivity contribution < 1.29 is 23.8 Å². The SMILES string of the molecule is CCOC(=O)C(C)NCc1cc(C(=O)O)ccc1F. The van der Waals surface area contributed by atoms with Gasteiger partial charge >= 0.3 is 11.9 Å². The topological polar surface area (TPSA) is 75.6 Å². The van der Waals surface area contributed by atoms with Crippen molar-refractivity contribution in [1.82, 2.24) is 5.32 Å². The molecular formula is C13H16FNO4. The summed E-state index contributed by atoms with van der Waals surface area (Å²) in [7, 11) is 0. The van der Waals surface area contributed by atoms with Gasteiger partial charge in [-0.05, 0) is 32.0 Å². The number of aromatic carboxylic acids is 1. The van der Waals surface area contributed by atoms with Crippen LogP contribution in [-0.2, 0) is 16.1 Å². The predicted octanol–water partition coefficient (Wildman–Crippen LogP) is 1.57. The summed E-state index contributed by atoms with van der Waals surface area (Å²) < 4.78 is 18.3. The second-order valence-electron chi connectivity index (χ2n) is 3.97. The van der Waals surface area contributed by atoms with E-state index in [4.69, 9.17) is 9.84 Å². The van der Waals surface area contributed by atoms with Crippen LogP contribution in [0.15, 0.2) is 18.2 Å².